The summed E-state index contributed by atoms with van der Waals surface area (Å²) in [5.74, 6) is -2.56. The maximum absolute atomic E-state index is 12.7. The lowest BCUT2D eigenvalue weighted by Gasteiger charge is -2.26. The summed E-state index contributed by atoms with van der Waals surface area (Å²) in [5, 5.41) is 11.7. The summed E-state index contributed by atoms with van der Waals surface area (Å²) >= 11 is 0. The Kier molecular flexibility index (Phi) is 40.4. The molecule has 0 bridgehead atoms. The minimum atomic E-state index is -1.67. The number of carbonyl (C=O) groups excluding carboxylic acids is 3. The molecule has 0 N–H and O–H groups in total. The third-order valence-electron chi connectivity index (χ3n) is 8.61. The molecular formula is C54H81NO8. The van der Waals surface area contributed by atoms with E-state index in [4.69, 9.17) is 18.9 Å². The predicted octanol–water partition coefficient (Wildman–Crippen LogP) is 11.2. The topological polar surface area (TPSA) is 111 Å². The van der Waals surface area contributed by atoms with Crippen LogP contribution in [0.5, 0.6) is 0 Å². The lowest BCUT2D eigenvalue weighted by atomic mass is 10.2. The number of likely N-dealkylation sites (N-methyl/N-ethyl adjacent to an activating group) is 1. The fourth-order valence-corrected chi connectivity index (χ4v) is 5.12. The van der Waals surface area contributed by atoms with Crippen molar-refractivity contribution in [1.29, 1.82) is 0 Å². The number of hydrogen-bond donors (Lipinski definition) is 0. The van der Waals surface area contributed by atoms with Crippen LogP contribution in [0, 0.1) is 0 Å². The number of rotatable bonds is 39. The van der Waals surface area contributed by atoms with Gasteiger partial charge in [0.1, 0.15) is 13.2 Å². The van der Waals surface area contributed by atoms with Gasteiger partial charge in [-0.2, -0.15) is 0 Å². The first-order valence-electron chi connectivity index (χ1n) is 23.0. The molecule has 0 fully saturated rings. The summed E-state index contributed by atoms with van der Waals surface area (Å²) in [7, 11) is 5.85. The van der Waals surface area contributed by atoms with Crippen LogP contribution in [0.25, 0.3) is 0 Å². The van der Waals surface area contributed by atoms with Crippen molar-refractivity contribution in [2.24, 2.45) is 0 Å². The van der Waals surface area contributed by atoms with E-state index in [0.717, 1.165) is 70.6 Å². The molecule has 9 nitrogen and oxygen atoms in total. The van der Waals surface area contributed by atoms with Gasteiger partial charge in [-0.3, -0.25) is 9.59 Å². The lowest BCUT2D eigenvalue weighted by molar-refractivity contribution is -0.870. The molecule has 0 saturated carbocycles. The van der Waals surface area contributed by atoms with Crippen molar-refractivity contribution in [2.75, 3.05) is 47.5 Å². The van der Waals surface area contributed by atoms with Gasteiger partial charge in [0.15, 0.2) is 12.4 Å². The maximum atomic E-state index is 12.7. The highest BCUT2D eigenvalue weighted by Gasteiger charge is 2.21. The van der Waals surface area contributed by atoms with E-state index in [1.165, 1.54) is 0 Å². The molecule has 0 aliphatic carbocycles. The van der Waals surface area contributed by atoms with Crippen LogP contribution < -0.4 is 5.11 Å². The van der Waals surface area contributed by atoms with Gasteiger partial charge in [0.05, 0.1) is 46.7 Å². The Hall–Kier alpha value is -4.83. The number of ether oxygens (including phenoxy) is 4. The number of hydrogen-bond acceptors (Lipinski definition) is 8. The van der Waals surface area contributed by atoms with Gasteiger partial charge in [0, 0.05) is 6.42 Å². The average molecular weight is 872 g/mol. The highest BCUT2D eigenvalue weighted by atomic mass is 16.7. The zero-order valence-electron chi connectivity index (χ0n) is 39.4. The molecule has 9 heteroatoms. The van der Waals surface area contributed by atoms with Gasteiger partial charge in [0.25, 0.3) is 0 Å². The SMILES string of the molecule is CC/C=C\C/C=C\C/C=C\C/C=C\C/C=C\C/C=C\C/C=C\CCCC(=O)OC(COC(=O)C/C=C\C/C=C\C/C=C\C/C=C\C/C=C\CC)COC(OCC[N+](C)(C)C)C(=O)[O-]. The number of carboxylic acids is 1. The molecule has 2 atom stereocenters. The largest absolute Gasteiger partial charge is 0.545 e. The van der Waals surface area contributed by atoms with Crippen LogP contribution in [0.15, 0.2) is 146 Å². The number of aliphatic carboxylic acids is 1. The summed E-state index contributed by atoms with van der Waals surface area (Å²) < 4.78 is 22.3. The normalized spacial score (nSPS) is 14.2. The first-order chi connectivity index (χ1) is 30.6. The minimum Gasteiger partial charge on any atom is -0.545 e. The van der Waals surface area contributed by atoms with E-state index in [9.17, 15) is 19.5 Å². The Bertz CT molecular complexity index is 1530. The van der Waals surface area contributed by atoms with Crippen molar-refractivity contribution < 1.29 is 42.9 Å². The Balaban J connectivity index is 4.67. The molecule has 0 aliphatic rings. The molecule has 0 aromatic carbocycles. The molecule has 0 aromatic rings. The summed E-state index contributed by atoms with van der Waals surface area (Å²) in [4.78, 5) is 36.9. The molecule has 350 valence electrons. The Labute approximate surface area is 382 Å². The molecule has 0 saturated heterocycles. The Morgan fingerprint density at radius 2 is 0.873 bits per heavy atom. The van der Waals surface area contributed by atoms with E-state index >= 15 is 0 Å². The fourth-order valence-electron chi connectivity index (χ4n) is 5.12. The average Bonchev–Trinajstić information content (AvgIpc) is 3.24. The third kappa shape index (κ3) is 45.0. The highest BCUT2D eigenvalue weighted by molar-refractivity contribution is 5.71. The van der Waals surface area contributed by atoms with E-state index < -0.39 is 30.3 Å². The molecule has 0 rings (SSSR count). The van der Waals surface area contributed by atoms with Crippen LogP contribution in [-0.4, -0.2) is 82.3 Å². The molecule has 63 heavy (non-hydrogen) atoms. The monoisotopic (exact) mass is 872 g/mol. The molecular weight excluding hydrogens is 791 g/mol. The van der Waals surface area contributed by atoms with Crippen molar-refractivity contribution in [3.05, 3.63) is 146 Å². The van der Waals surface area contributed by atoms with E-state index in [-0.39, 0.29) is 32.7 Å². The van der Waals surface area contributed by atoms with Crippen LogP contribution in [0.3, 0.4) is 0 Å². The summed E-state index contributed by atoms with van der Waals surface area (Å²) in [6.07, 6.45) is 60.6. The van der Waals surface area contributed by atoms with Crippen LogP contribution >= 0.6 is 0 Å². The number of carbonyl (C=O) groups is 3. The summed E-state index contributed by atoms with van der Waals surface area (Å²) in [6, 6.07) is 0. The van der Waals surface area contributed by atoms with E-state index in [1.54, 1.807) is 6.08 Å². The van der Waals surface area contributed by atoms with Gasteiger partial charge < -0.3 is 33.3 Å². The van der Waals surface area contributed by atoms with E-state index in [1.807, 2.05) is 39.4 Å². The highest BCUT2D eigenvalue weighted by Crippen LogP contribution is 2.08. The first-order valence-corrected chi connectivity index (χ1v) is 23.0. The number of carboxylic acid groups (broad SMARTS) is 1. The van der Waals surface area contributed by atoms with Crippen LogP contribution in [-0.2, 0) is 33.3 Å². The minimum absolute atomic E-state index is 0.0375. The Morgan fingerprint density at radius 3 is 1.25 bits per heavy atom. The van der Waals surface area contributed by atoms with Gasteiger partial charge in [-0.15, -0.1) is 0 Å². The van der Waals surface area contributed by atoms with Gasteiger partial charge in [0.2, 0.25) is 0 Å². The second kappa shape index (κ2) is 43.8. The molecule has 2 unspecified atom stereocenters. The molecule has 0 aliphatic heterocycles. The Morgan fingerprint density at radius 1 is 0.492 bits per heavy atom. The second-order valence-electron chi connectivity index (χ2n) is 15.6. The number of esters is 2. The van der Waals surface area contributed by atoms with Gasteiger partial charge in [-0.25, -0.2) is 0 Å². The van der Waals surface area contributed by atoms with Gasteiger partial charge in [-0.05, 0) is 89.9 Å². The van der Waals surface area contributed by atoms with Crippen LogP contribution in [0.4, 0.5) is 0 Å². The number of unbranched alkanes of at least 4 members (excludes halogenated alkanes) is 1. The third-order valence-corrected chi connectivity index (χ3v) is 8.61. The van der Waals surface area contributed by atoms with E-state index in [0.29, 0.717) is 30.3 Å². The second-order valence-corrected chi connectivity index (χ2v) is 15.6. The molecule has 0 spiro atoms. The molecule has 0 heterocycles. The smallest absolute Gasteiger partial charge is 0.309 e. The molecule has 0 aromatic heterocycles. The first kappa shape index (κ1) is 58.2. The zero-order valence-corrected chi connectivity index (χ0v) is 39.4. The summed E-state index contributed by atoms with van der Waals surface area (Å²) in [5.41, 5.74) is 0. The molecule has 0 amide bonds. The van der Waals surface area contributed by atoms with Crippen molar-refractivity contribution in [3.63, 3.8) is 0 Å². The van der Waals surface area contributed by atoms with Crippen LogP contribution in [0.1, 0.15) is 117 Å². The van der Waals surface area contributed by atoms with Crippen molar-refractivity contribution in [3.8, 4) is 0 Å². The quantitative estimate of drug-likeness (QED) is 0.0197. The van der Waals surface area contributed by atoms with Crippen molar-refractivity contribution in [2.45, 2.75) is 129 Å². The lowest BCUT2D eigenvalue weighted by Crippen LogP contribution is -2.44. The van der Waals surface area contributed by atoms with Crippen LogP contribution in [0.2, 0.25) is 0 Å². The summed E-state index contributed by atoms with van der Waals surface area (Å²) in [6.45, 7) is 4.28. The predicted molar refractivity (Wildman–Crippen MR) is 259 cm³/mol. The number of nitrogens with zero attached hydrogens (tertiary/aromatic N) is 1. The standard InChI is InChI=1S/C54H81NO8/c1-6-8-10-12-14-16-18-20-22-23-24-25-26-27-28-29-31-33-35-37-39-41-43-45-52(57)63-50(49-62-54(53(58)59)60-47-46-55(3,4)5)48-61-51(56)44-42-40-38-36-34-32-30-21-19-17-15-13-11-9-7-2/h8-11,14-17,20-22,24-25,27-28,30-31,33-34,36-37,39-40,42,50,54H,6-7,12-13,18-19,23,26,29,32,35,38,41,43-49H2,1-5H3/b10-8-,11-9-,16-14-,17-15-,22-20-,25-24-,28-27-,30-21-,33-31-,36-34-,39-37-,42-40-. The number of allylic oxidation sites excluding steroid dienone is 23. The van der Waals surface area contributed by atoms with Crippen molar-refractivity contribution >= 4 is 17.9 Å². The van der Waals surface area contributed by atoms with Gasteiger partial charge >= 0.3 is 11.9 Å². The molecule has 0 radical (unpaired) electrons. The maximum Gasteiger partial charge on any atom is 0.309 e. The van der Waals surface area contributed by atoms with E-state index in [2.05, 4.69) is 135 Å². The van der Waals surface area contributed by atoms with Gasteiger partial charge in [-0.1, -0.05) is 160 Å². The zero-order chi connectivity index (χ0) is 46.3. The fraction of sp³-hybridized carbons (Fsp3) is 0.500. The number of quaternary nitrogens is 1. The van der Waals surface area contributed by atoms with Crippen molar-refractivity contribution in [1.82, 2.24) is 0 Å².